The van der Waals surface area contributed by atoms with Gasteiger partial charge in [0, 0.05) is 18.7 Å². The van der Waals surface area contributed by atoms with Gasteiger partial charge in [0.1, 0.15) is 5.75 Å². The van der Waals surface area contributed by atoms with Gasteiger partial charge in [0.15, 0.2) is 5.82 Å². The highest BCUT2D eigenvalue weighted by molar-refractivity contribution is 8.00. The fourth-order valence-electron chi connectivity index (χ4n) is 2.99. The summed E-state index contributed by atoms with van der Waals surface area (Å²) in [5.41, 5.74) is 0.844. The third-order valence-electron chi connectivity index (χ3n) is 4.74. The summed E-state index contributed by atoms with van der Waals surface area (Å²) in [6, 6.07) is 7.45. The van der Waals surface area contributed by atoms with Crippen molar-refractivity contribution < 1.29 is 9.53 Å². The third kappa shape index (κ3) is 3.95. The summed E-state index contributed by atoms with van der Waals surface area (Å²) in [5, 5.41) is 8.62. The lowest BCUT2D eigenvalue weighted by Crippen LogP contribution is -2.41. The summed E-state index contributed by atoms with van der Waals surface area (Å²) >= 11 is 1.34. The highest BCUT2D eigenvalue weighted by atomic mass is 32.2. The molecule has 1 atom stereocenters. The summed E-state index contributed by atoms with van der Waals surface area (Å²) in [4.78, 5) is 14.6. The highest BCUT2D eigenvalue weighted by Gasteiger charge is 2.26. The zero-order valence-electron chi connectivity index (χ0n) is 15.4. The molecule has 0 aliphatic carbocycles. The minimum absolute atomic E-state index is 0.135. The number of methoxy groups -OCH3 is 1. The van der Waals surface area contributed by atoms with Crippen molar-refractivity contribution in [1.82, 2.24) is 19.8 Å². The molecular weight excluding hydrogens is 350 g/mol. The first-order chi connectivity index (χ1) is 12.5. The van der Waals surface area contributed by atoms with Crippen LogP contribution in [0.2, 0.25) is 0 Å². The van der Waals surface area contributed by atoms with E-state index in [1.54, 1.807) is 7.11 Å². The van der Waals surface area contributed by atoms with Crippen LogP contribution < -0.4 is 10.6 Å². The van der Waals surface area contributed by atoms with Gasteiger partial charge in [-0.3, -0.25) is 4.79 Å². The van der Waals surface area contributed by atoms with Crippen LogP contribution in [0.15, 0.2) is 29.4 Å². The van der Waals surface area contributed by atoms with E-state index in [9.17, 15) is 4.79 Å². The Labute approximate surface area is 157 Å². The number of likely N-dealkylation sites (tertiary alicyclic amines) is 1. The first-order valence-corrected chi connectivity index (χ1v) is 9.68. The molecule has 1 unspecified atom stereocenters. The number of hydrogen-bond donors (Lipinski definition) is 1. The third-order valence-corrected chi connectivity index (χ3v) is 5.78. The molecule has 140 valence electrons. The SMILES string of the molecule is COc1ccc(-c2nnc(SC(C)C(=O)N3CCC(C)CC3)n2N)cc1. The molecule has 0 spiro atoms. The molecule has 1 aromatic carbocycles. The van der Waals surface area contributed by atoms with Crippen LogP contribution in [0.5, 0.6) is 5.75 Å². The zero-order chi connectivity index (χ0) is 18.7. The molecule has 1 aliphatic heterocycles. The number of nitrogens with zero attached hydrogens (tertiary/aromatic N) is 4. The van der Waals surface area contributed by atoms with Crippen molar-refractivity contribution in [3.63, 3.8) is 0 Å². The van der Waals surface area contributed by atoms with Crippen LogP contribution in [0.25, 0.3) is 11.4 Å². The number of nitrogens with two attached hydrogens (primary N) is 1. The molecule has 1 saturated heterocycles. The Kier molecular flexibility index (Phi) is 5.70. The molecule has 1 aliphatic rings. The molecule has 2 aromatic rings. The largest absolute Gasteiger partial charge is 0.497 e. The maximum atomic E-state index is 12.7. The van der Waals surface area contributed by atoms with Crippen molar-refractivity contribution in [3.8, 4) is 17.1 Å². The molecular formula is C18H25N5O2S. The first kappa shape index (κ1) is 18.6. The summed E-state index contributed by atoms with van der Waals surface area (Å²) in [5.74, 6) is 8.32. The minimum atomic E-state index is -0.251. The van der Waals surface area contributed by atoms with Gasteiger partial charge in [-0.05, 0) is 49.9 Å². The summed E-state index contributed by atoms with van der Waals surface area (Å²) in [7, 11) is 1.62. The standard InChI is InChI=1S/C18H25N5O2S/c1-12-8-10-22(11-9-12)17(24)13(2)26-18-21-20-16(23(18)19)14-4-6-15(25-3)7-5-14/h4-7,12-13H,8-11,19H2,1-3H3. The monoisotopic (exact) mass is 375 g/mol. The molecule has 2 N–H and O–H groups in total. The van der Waals surface area contributed by atoms with Crippen molar-refractivity contribution >= 4 is 17.7 Å². The van der Waals surface area contributed by atoms with Gasteiger partial charge in [-0.25, -0.2) is 4.68 Å². The second kappa shape index (κ2) is 7.99. The topological polar surface area (TPSA) is 86.3 Å². The van der Waals surface area contributed by atoms with E-state index in [2.05, 4.69) is 17.1 Å². The van der Waals surface area contributed by atoms with Crippen LogP contribution >= 0.6 is 11.8 Å². The van der Waals surface area contributed by atoms with E-state index in [-0.39, 0.29) is 11.2 Å². The van der Waals surface area contributed by atoms with Crippen molar-refractivity contribution in [3.05, 3.63) is 24.3 Å². The number of nitrogen functional groups attached to an aromatic ring is 1. The van der Waals surface area contributed by atoms with E-state index in [1.165, 1.54) is 16.4 Å². The van der Waals surface area contributed by atoms with Crippen molar-refractivity contribution in [1.29, 1.82) is 0 Å². The quantitative estimate of drug-likeness (QED) is 0.638. The van der Waals surface area contributed by atoms with Crippen molar-refractivity contribution in [2.45, 2.75) is 37.1 Å². The Morgan fingerprint density at radius 1 is 1.27 bits per heavy atom. The number of rotatable bonds is 5. The van der Waals surface area contributed by atoms with Crippen LogP contribution in [0, 0.1) is 5.92 Å². The van der Waals surface area contributed by atoms with E-state index in [4.69, 9.17) is 10.6 Å². The number of benzene rings is 1. The predicted molar refractivity (Wildman–Crippen MR) is 102 cm³/mol. The first-order valence-electron chi connectivity index (χ1n) is 8.80. The molecule has 2 heterocycles. The molecule has 8 heteroatoms. The smallest absolute Gasteiger partial charge is 0.235 e. The Hall–Kier alpha value is -2.22. The summed E-state index contributed by atoms with van der Waals surface area (Å²) in [6.07, 6.45) is 2.13. The normalized spacial score (nSPS) is 16.5. The maximum Gasteiger partial charge on any atom is 0.235 e. The summed E-state index contributed by atoms with van der Waals surface area (Å²) < 4.78 is 6.60. The van der Waals surface area contributed by atoms with E-state index in [0.717, 1.165) is 37.2 Å². The molecule has 0 saturated carbocycles. The van der Waals surface area contributed by atoms with E-state index in [0.29, 0.717) is 16.9 Å². The molecule has 7 nitrogen and oxygen atoms in total. The van der Waals surface area contributed by atoms with Crippen LogP contribution in [0.3, 0.4) is 0 Å². The lowest BCUT2D eigenvalue weighted by atomic mass is 9.99. The second-order valence-corrected chi connectivity index (χ2v) is 7.98. The number of ether oxygens (including phenoxy) is 1. The Balaban J connectivity index is 1.68. The molecule has 0 bridgehead atoms. The fourth-order valence-corrected chi connectivity index (χ4v) is 3.84. The lowest BCUT2D eigenvalue weighted by Gasteiger charge is -2.31. The average Bonchev–Trinajstić information content (AvgIpc) is 3.02. The van der Waals surface area contributed by atoms with Crippen molar-refractivity contribution in [2.75, 3.05) is 26.0 Å². The number of carbonyl (C=O) groups excluding carboxylic acids is 1. The van der Waals surface area contributed by atoms with Gasteiger partial charge in [-0.1, -0.05) is 18.7 Å². The number of thioether (sulfide) groups is 1. The van der Waals surface area contributed by atoms with E-state index >= 15 is 0 Å². The molecule has 26 heavy (non-hydrogen) atoms. The number of carbonyl (C=O) groups is 1. The van der Waals surface area contributed by atoms with Gasteiger partial charge >= 0.3 is 0 Å². The summed E-state index contributed by atoms with van der Waals surface area (Å²) in [6.45, 7) is 5.79. The number of hydrogen-bond acceptors (Lipinski definition) is 6. The van der Waals surface area contributed by atoms with Gasteiger partial charge in [0.25, 0.3) is 0 Å². The molecule has 1 amide bonds. The van der Waals surface area contributed by atoms with Crippen LogP contribution in [-0.2, 0) is 4.79 Å². The fraction of sp³-hybridized carbons (Fsp3) is 0.500. The molecule has 3 rings (SSSR count). The predicted octanol–water partition coefficient (Wildman–Crippen LogP) is 2.41. The van der Waals surface area contributed by atoms with Gasteiger partial charge in [0.2, 0.25) is 11.1 Å². The molecule has 1 aromatic heterocycles. The highest BCUT2D eigenvalue weighted by Crippen LogP contribution is 2.27. The molecule has 1 fully saturated rings. The van der Waals surface area contributed by atoms with Crippen LogP contribution in [0.4, 0.5) is 0 Å². The van der Waals surface area contributed by atoms with E-state index in [1.807, 2.05) is 36.1 Å². The number of piperidine rings is 1. The second-order valence-electron chi connectivity index (χ2n) is 6.67. The van der Waals surface area contributed by atoms with Gasteiger partial charge < -0.3 is 15.5 Å². The Bertz CT molecular complexity index is 753. The maximum absolute atomic E-state index is 12.7. The van der Waals surface area contributed by atoms with Crippen LogP contribution in [-0.4, -0.2) is 51.1 Å². The molecule has 0 radical (unpaired) electrons. The Morgan fingerprint density at radius 3 is 2.54 bits per heavy atom. The van der Waals surface area contributed by atoms with Crippen LogP contribution in [0.1, 0.15) is 26.7 Å². The average molecular weight is 375 g/mol. The van der Waals surface area contributed by atoms with Crippen molar-refractivity contribution in [2.24, 2.45) is 5.92 Å². The van der Waals surface area contributed by atoms with Gasteiger partial charge in [-0.15, -0.1) is 10.2 Å². The number of amides is 1. The van der Waals surface area contributed by atoms with Gasteiger partial charge in [-0.2, -0.15) is 0 Å². The zero-order valence-corrected chi connectivity index (χ0v) is 16.2. The van der Waals surface area contributed by atoms with Gasteiger partial charge in [0.05, 0.1) is 12.4 Å². The van der Waals surface area contributed by atoms with E-state index < -0.39 is 0 Å². The lowest BCUT2D eigenvalue weighted by molar-refractivity contribution is -0.131. The Morgan fingerprint density at radius 2 is 1.92 bits per heavy atom. The minimum Gasteiger partial charge on any atom is -0.497 e. The number of aromatic nitrogens is 3.